The van der Waals surface area contributed by atoms with Crippen molar-refractivity contribution in [2.75, 3.05) is 5.75 Å². The zero-order valence-corrected chi connectivity index (χ0v) is 21.5. The van der Waals surface area contributed by atoms with E-state index in [4.69, 9.17) is 4.98 Å². The Morgan fingerprint density at radius 1 is 1.18 bits per heavy atom. The van der Waals surface area contributed by atoms with Crippen LogP contribution in [0, 0.1) is 0 Å². The second-order valence-corrected chi connectivity index (χ2v) is 11.7. The molecule has 2 aromatic heterocycles. The van der Waals surface area contributed by atoms with Crippen molar-refractivity contribution in [1.82, 2.24) is 14.9 Å². The van der Waals surface area contributed by atoms with Gasteiger partial charge < -0.3 is 5.32 Å². The van der Waals surface area contributed by atoms with Crippen LogP contribution in [-0.2, 0) is 24.1 Å². The fourth-order valence-corrected chi connectivity index (χ4v) is 7.51. The third kappa shape index (κ3) is 5.10. The number of fused-ring (bicyclic) bond motifs is 3. The standard InChI is InChI=1S/C27H33N3O2S2/c1-18(15-16-19-9-3-2-4-10-19)28-23(31)17-33-27-29-25-24(21-13-7-8-14-22(21)34-25)26(32)30(27)20-11-5-6-12-20/h2-4,9-10,18,20H,5-8,11-17H2,1H3,(H,28,31)/t18-/m0/s1. The highest BCUT2D eigenvalue weighted by molar-refractivity contribution is 7.99. The summed E-state index contributed by atoms with van der Waals surface area (Å²) < 4.78 is 1.94. The number of aryl methyl sites for hydroxylation is 3. The molecule has 1 N–H and O–H groups in total. The first-order chi connectivity index (χ1) is 16.6. The summed E-state index contributed by atoms with van der Waals surface area (Å²) in [6.07, 6.45) is 10.6. The van der Waals surface area contributed by atoms with Crippen LogP contribution in [0.15, 0.2) is 40.3 Å². The van der Waals surface area contributed by atoms with Gasteiger partial charge in [-0.3, -0.25) is 14.2 Å². The molecule has 2 aliphatic carbocycles. The zero-order valence-electron chi connectivity index (χ0n) is 19.8. The molecule has 1 fully saturated rings. The van der Waals surface area contributed by atoms with E-state index in [1.807, 2.05) is 22.8 Å². The molecule has 7 heteroatoms. The zero-order chi connectivity index (χ0) is 23.5. The average Bonchev–Trinajstić information content (AvgIpc) is 3.50. The molecule has 1 aromatic carbocycles. The van der Waals surface area contributed by atoms with Crippen molar-refractivity contribution < 1.29 is 4.79 Å². The molecule has 0 aliphatic heterocycles. The van der Waals surface area contributed by atoms with Gasteiger partial charge in [0.2, 0.25) is 5.91 Å². The van der Waals surface area contributed by atoms with Gasteiger partial charge in [0.1, 0.15) is 4.83 Å². The lowest BCUT2D eigenvalue weighted by Crippen LogP contribution is -2.34. The van der Waals surface area contributed by atoms with Crippen LogP contribution < -0.4 is 10.9 Å². The van der Waals surface area contributed by atoms with Crippen LogP contribution >= 0.6 is 23.1 Å². The molecule has 2 aliphatic rings. The van der Waals surface area contributed by atoms with Crippen LogP contribution in [0.1, 0.15) is 73.9 Å². The normalized spacial score (nSPS) is 17.1. The highest BCUT2D eigenvalue weighted by atomic mass is 32.2. The van der Waals surface area contributed by atoms with Gasteiger partial charge >= 0.3 is 0 Å². The van der Waals surface area contributed by atoms with Crippen LogP contribution in [0.4, 0.5) is 0 Å². The SMILES string of the molecule is C[C@@H](CCc1ccccc1)NC(=O)CSc1nc2sc3c(c2c(=O)n1C1CCCC1)CCCC3. The van der Waals surface area contributed by atoms with E-state index in [1.165, 1.54) is 34.2 Å². The van der Waals surface area contributed by atoms with E-state index in [2.05, 4.69) is 24.4 Å². The number of nitrogens with zero attached hydrogens (tertiary/aromatic N) is 2. The molecule has 2 heterocycles. The smallest absolute Gasteiger partial charge is 0.263 e. The Bertz CT molecular complexity index is 1210. The van der Waals surface area contributed by atoms with Gasteiger partial charge in [0, 0.05) is 17.0 Å². The lowest BCUT2D eigenvalue weighted by Gasteiger charge is -2.19. The summed E-state index contributed by atoms with van der Waals surface area (Å²) in [5, 5.41) is 4.70. The Balaban J connectivity index is 1.31. The Morgan fingerprint density at radius 2 is 1.94 bits per heavy atom. The number of aromatic nitrogens is 2. The first kappa shape index (κ1) is 23.6. The molecule has 180 valence electrons. The molecule has 5 rings (SSSR count). The number of hydrogen-bond acceptors (Lipinski definition) is 5. The summed E-state index contributed by atoms with van der Waals surface area (Å²) in [5.74, 6) is 0.286. The molecule has 1 atom stereocenters. The molecule has 0 unspecified atom stereocenters. The number of carbonyl (C=O) groups is 1. The minimum absolute atomic E-state index is 0.00311. The molecule has 5 nitrogen and oxygen atoms in total. The van der Waals surface area contributed by atoms with Crippen LogP contribution in [0.3, 0.4) is 0 Å². The molecule has 0 radical (unpaired) electrons. The van der Waals surface area contributed by atoms with Gasteiger partial charge in [-0.2, -0.15) is 0 Å². The first-order valence-corrected chi connectivity index (χ1v) is 14.4. The van der Waals surface area contributed by atoms with Gasteiger partial charge in [0.05, 0.1) is 11.1 Å². The maximum absolute atomic E-state index is 13.7. The minimum Gasteiger partial charge on any atom is -0.353 e. The van der Waals surface area contributed by atoms with Gasteiger partial charge in [-0.1, -0.05) is 54.9 Å². The molecule has 1 saturated carbocycles. The summed E-state index contributed by atoms with van der Waals surface area (Å²) in [6, 6.07) is 10.7. The van der Waals surface area contributed by atoms with Gasteiger partial charge in [-0.25, -0.2) is 4.98 Å². The third-order valence-electron chi connectivity index (χ3n) is 7.13. The summed E-state index contributed by atoms with van der Waals surface area (Å²) >= 11 is 3.11. The summed E-state index contributed by atoms with van der Waals surface area (Å²) in [6.45, 7) is 2.06. The van der Waals surface area contributed by atoms with Crippen LogP contribution in [0.5, 0.6) is 0 Å². The monoisotopic (exact) mass is 495 g/mol. The fourth-order valence-electron chi connectivity index (χ4n) is 5.33. The van der Waals surface area contributed by atoms with Crippen molar-refractivity contribution in [3.63, 3.8) is 0 Å². The summed E-state index contributed by atoms with van der Waals surface area (Å²) in [7, 11) is 0. The Morgan fingerprint density at radius 3 is 2.74 bits per heavy atom. The van der Waals surface area contributed by atoms with Crippen LogP contribution in [0.25, 0.3) is 10.2 Å². The Labute approximate surface area is 209 Å². The number of hydrogen-bond donors (Lipinski definition) is 1. The molecular weight excluding hydrogens is 462 g/mol. The first-order valence-electron chi connectivity index (χ1n) is 12.6. The number of thiophene rings is 1. The Kier molecular flexibility index (Phi) is 7.40. The van der Waals surface area contributed by atoms with Crippen molar-refractivity contribution >= 4 is 39.2 Å². The van der Waals surface area contributed by atoms with Gasteiger partial charge in [0.15, 0.2) is 5.16 Å². The molecule has 0 saturated heterocycles. The number of carbonyl (C=O) groups excluding carboxylic acids is 1. The lowest BCUT2D eigenvalue weighted by molar-refractivity contribution is -0.119. The van der Waals surface area contributed by atoms with Crippen molar-refractivity contribution in [3.05, 3.63) is 56.7 Å². The maximum Gasteiger partial charge on any atom is 0.263 e. The largest absolute Gasteiger partial charge is 0.353 e. The van der Waals surface area contributed by atoms with Crippen LogP contribution in [0.2, 0.25) is 0 Å². The Hall–Kier alpha value is -2.12. The molecule has 3 aromatic rings. The molecule has 34 heavy (non-hydrogen) atoms. The average molecular weight is 496 g/mol. The molecular formula is C27H33N3O2S2. The highest BCUT2D eigenvalue weighted by Crippen LogP contribution is 2.37. The summed E-state index contributed by atoms with van der Waals surface area (Å²) in [4.78, 5) is 33.6. The second-order valence-electron chi connectivity index (χ2n) is 9.68. The number of amides is 1. The topological polar surface area (TPSA) is 64.0 Å². The van der Waals surface area contributed by atoms with E-state index in [0.29, 0.717) is 0 Å². The van der Waals surface area contributed by atoms with E-state index < -0.39 is 0 Å². The third-order valence-corrected chi connectivity index (χ3v) is 9.27. The number of benzene rings is 1. The van der Waals surface area contributed by atoms with Gasteiger partial charge in [-0.15, -0.1) is 11.3 Å². The number of thioether (sulfide) groups is 1. The van der Waals surface area contributed by atoms with Crippen molar-refractivity contribution in [2.45, 2.75) is 88.4 Å². The fraction of sp³-hybridized carbons (Fsp3) is 0.519. The molecule has 0 spiro atoms. The van der Waals surface area contributed by atoms with Gasteiger partial charge in [0.25, 0.3) is 5.56 Å². The van der Waals surface area contributed by atoms with Crippen LogP contribution in [-0.4, -0.2) is 27.3 Å². The lowest BCUT2D eigenvalue weighted by atomic mass is 9.97. The second kappa shape index (κ2) is 10.6. The summed E-state index contributed by atoms with van der Waals surface area (Å²) in [5.41, 5.74) is 2.65. The van der Waals surface area contributed by atoms with E-state index in [1.54, 1.807) is 11.3 Å². The number of nitrogens with one attached hydrogen (secondary N) is 1. The predicted octanol–water partition coefficient (Wildman–Crippen LogP) is 5.68. The number of rotatable bonds is 8. The van der Waals surface area contributed by atoms with E-state index >= 15 is 0 Å². The van der Waals surface area contributed by atoms with Crippen molar-refractivity contribution in [3.8, 4) is 0 Å². The quantitative estimate of drug-likeness (QED) is 0.322. The van der Waals surface area contributed by atoms with Gasteiger partial charge in [-0.05, 0) is 69.4 Å². The van der Waals surface area contributed by atoms with Crippen molar-refractivity contribution in [2.24, 2.45) is 0 Å². The molecule has 1 amide bonds. The van der Waals surface area contributed by atoms with E-state index in [9.17, 15) is 9.59 Å². The minimum atomic E-state index is 0.00311. The maximum atomic E-state index is 13.7. The van der Waals surface area contributed by atoms with E-state index in [-0.39, 0.29) is 29.3 Å². The molecule has 0 bridgehead atoms. The highest BCUT2D eigenvalue weighted by Gasteiger charge is 2.27. The van der Waals surface area contributed by atoms with Crippen molar-refractivity contribution in [1.29, 1.82) is 0 Å². The predicted molar refractivity (Wildman–Crippen MR) is 141 cm³/mol. The van der Waals surface area contributed by atoms with E-state index in [0.717, 1.165) is 73.2 Å².